The highest BCUT2D eigenvalue weighted by Gasteiger charge is 2.24. The minimum atomic E-state index is -0.583. The molecule has 25 heavy (non-hydrogen) atoms. The molecule has 2 heterocycles. The quantitative estimate of drug-likeness (QED) is 0.838. The molecule has 1 aliphatic rings. The first kappa shape index (κ1) is 17.6. The summed E-state index contributed by atoms with van der Waals surface area (Å²) in [5.74, 6) is -0.293. The molecule has 3 rings (SSSR count). The van der Waals surface area contributed by atoms with Gasteiger partial charge in [-0.25, -0.2) is 9.37 Å². The van der Waals surface area contributed by atoms with Crippen molar-refractivity contribution in [2.45, 2.75) is 6.54 Å². The molecule has 0 saturated carbocycles. The van der Waals surface area contributed by atoms with Gasteiger partial charge in [-0.1, -0.05) is 17.7 Å². The van der Waals surface area contributed by atoms with E-state index < -0.39 is 5.82 Å². The Labute approximate surface area is 151 Å². The van der Waals surface area contributed by atoms with Crippen LogP contribution in [0.15, 0.2) is 36.4 Å². The lowest BCUT2D eigenvalue weighted by Crippen LogP contribution is -2.48. The van der Waals surface area contributed by atoms with Crippen LogP contribution in [0.25, 0.3) is 0 Å². The van der Waals surface area contributed by atoms with Crippen molar-refractivity contribution < 1.29 is 13.9 Å². The highest BCUT2D eigenvalue weighted by molar-refractivity contribution is 6.30. The number of pyridine rings is 1. The van der Waals surface area contributed by atoms with Crippen LogP contribution in [0.1, 0.15) is 16.1 Å². The van der Waals surface area contributed by atoms with Crippen molar-refractivity contribution in [3.05, 3.63) is 58.5 Å². The summed E-state index contributed by atoms with van der Waals surface area (Å²) in [6.07, 6.45) is 0. The zero-order chi connectivity index (χ0) is 17.8. The normalized spacial score (nSPS) is 15.2. The molecule has 1 amide bonds. The minimum Gasteiger partial charge on any atom is -0.481 e. The van der Waals surface area contributed by atoms with Gasteiger partial charge in [0.05, 0.1) is 18.4 Å². The predicted molar refractivity (Wildman–Crippen MR) is 93.4 cm³/mol. The summed E-state index contributed by atoms with van der Waals surface area (Å²) in [4.78, 5) is 20.8. The Hall–Kier alpha value is -2.18. The number of carbonyl (C=O) groups excluding carboxylic acids is 1. The van der Waals surface area contributed by atoms with Crippen LogP contribution in [0.4, 0.5) is 4.39 Å². The first-order chi connectivity index (χ1) is 12.1. The van der Waals surface area contributed by atoms with Crippen LogP contribution in [0.3, 0.4) is 0 Å². The third-order valence-corrected chi connectivity index (χ3v) is 4.43. The molecule has 0 bridgehead atoms. The molecule has 1 saturated heterocycles. The van der Waals surface area contributed by atoms with Gasteiger partial charge in [0.1, 0.15) is 5.82 Å². The number of amides is 1. The van der Waals surface area contributed by atoms with Gasteiger partial charge in [-0.05, 0) is 24.3 Å². The van der Waals surface area contributed by atoms with Gasteiger partial charge in [0.15, 0.2) is 0 Å². The number of halogens is 2. The van der Waals surface area contributed by atoms with Crippen molar-refractivity contribution in [3.63, 3.8) is 0 Å². The number of nitrogens with zero attached hydrogens (tertiary/aromatic N) is 3. The van der Waals surface area contributed by atoms with E-state index in [1.165, 1.54) is 18.2 Å². The van der Waals surface area contributed by atoms with E-state index >= 15 is 0 Å². The summed E-state index contributed by atoms with van der Waals surface area (Å²) in [7, 11) is 1.59. The maximum Gasteiger partial charge on any atom is 0.256 e. The van der Waals surface area contributed by atoms with E-state index in [4.69, 9.17) is 16.3 Å². The van der Waals surface area contributed by atoms with Gasteiger partial charge >= 0.3 is 0 Å². The van der Waals surface area contributed by atoms with Crippen LogP contribution in [0.5, 0.6) is 5.88 Å². The van der Waals surface area contributed by atoms with Crippen LogP contribution in [-0.4, -0.2) is 54.0 Å². The Morgan fingerprint density at radius 1 is 1.24 bits per heavy atom. The van der Waals surface area contributed by atoms with Gasteiger partial charge < -0.3 is 9.64 Å². The van der Waals surface area contributed by atoms with Gasteiger partial charge in [0.25, 0.3) is 5.91 Å². The Balaban J connectivity index is 1.58. The lowest BCUT2D eigenvalue weighted by Gasteiger charge is -2.34. The molecular formula is C18H19ClFN3O2. The van der Waals surface area contributed by atoms with Crippen molar-refractivity contribution >= 4 is 17.5 Å². The van der Waals surface area contributed by atoms with E-state index in [9.17, 15) is 9.18 Å². The number of carbonyl (C=O) groups is 1. The first-order valence-electron chi connectivity index (χ1n) is 8.03. The van der Waals surface area contributed by atoms with Crippen molar-refractivity contribution in [2.75, 3.05) is 33.3 Å². The molecule has 1 fully saturated rings. The monoisotopic (exact) mass is 363 g/mol. The van der Waals surface area contributed by atoms with Crippen LogP contribution in [0, 0.1) is 5.82 Å². The molecular weight excluding hydrogens is 345 g/mol. The van der Waals surface area contributed by atoms with E-state index in [0.29, 0.717) is 38.6 Å². The molecule has 0 radical (unpaired) electrons. The number of piperazine rings is 1. The second kappa shape index (κ2) is 7.80. The average molecular weight is 364 g/mol. The van der Waals surface area contributed by atoms with Crippen molar-refractivity contribution in [1.29, 1.82) is 0 Å². The Kier molecular flexibility index (Phi) is 5.50. The van der Waals surface area contributed by atoms with Crippen molar-refractivity contribution in [1.82, 2.24) is 14.8 Å². The second-order valence-electron chi connectivity index (χ2n) is 5.86. The zero-order valence-corrected chi connectivity index (χ0v) is 14.7. The minimum absolute atomic E-state index is 0.0623. The van der Waals surface area contributed by atoms with E-state index in [0.717, 1.165) is 5.69 Å². The molecule has 1 aromatic carbocycles. The lowest BCUT2D eigenvalue weighted by atomic mass is 10.1. The summed E-state index contributed by atoms with van der Waals surface area (Å²) < 4.78 is 19.1. The molecule has 132 valence electrons. The number of aromatic nitrogens is 1. The van der Waals surface area contributed by atoms with Gasteiger partial charge in [-0.2, -0.15) is 0 Å². The summed E-state index contributed by atoms with van der Waals surface area (Å²) in [6, 6.07) is 9.79. The Morgan fingerprint density at radius 2 is 2.00 bits per heavy atom. The SMILES string of the molecule is COc1cccc(CN2CCN(C(=O)c3ccc(Cl)cc3F)CC2)n1. The molecule has 2 aromatic rings. The van der Waals surface area contributed by atoms with Gasteiger partial charge in [0, 0.05) is 43.8 Å². The average Bonchev–Trinajstić information content (AvgIpc) is 2.62. The van der Waals surface area contributed by atoms with Crippen molar-refractivity contribution in [3.8, 4) is 5.88 Å². The third-order valence-electron chi connectivity index (χ3n) is 4.20. The molecule has 0 N–H and O–H groups in total. The maximum absolute atomic E-state index is 13.9. The summed E-state index contributed by atoms with van der Waals surface area (Å²) in [6.45, 7) is 3.20. The molecule has 1 aromatic heterocycles. The second-order valence-corrected chi connectivity index (χ2v) is 6.30. The molecule has 0 unspecified atom stereocenters. The zero-order valence-electron chi connectivity index (χ0n) is 13.9. The number of hydrogen-bond donors (Lipinski definition) is 0. The fourth-order valence-electron chi connectivity index (χ4n) is 2.83. The van der Waals surface area contributed by atoms with Gasteiger partial charge in [-0.3, -0.25) is 9.69 Å². The van der Waals surface area contributed by atoms with E-state index in [-0.39, 0.29) is 16.5 Å². The fourth-order valence-corrected chi connectivity index (χ4v) is 2.99. The van der Waals surface area contributed by atoms with E-state index in [1.807, 2.05) is 12.1 Å². The van der Waals surface area contributed by atoms with Crippen LogP contribution < -0.4 is 4.74 Å². The summed E-state index contributed by atoms with van der Waals surface area (Å²) in [5, 5.41) is 0.282. The predicted octanol–water partition coefficient (Wildman–Crippen LogP) is 2.84. The highest BCUT2D eigenvalue weighted by Crippen LogP contribution is 2.18. The fraction of sp³-hybridized carbons (Fsp3) is 0.333. The smallest absolute Gasteiger partial charge is 0.256 e. The lowest BCUT2D eigenvalue weighted by molar-refractivity contribution is 0.0622. The highest BCUT2D eigenvalue weighted by atomic mass is 35.5. The largest absolute Gasteiger partial charge is 0.481 e. The number of methoxy groups -OCH3 is 1. The third kappa shape index (κ3) is 4.27. The van der Waals surface area contributed by atoms with Crippen LogP contribution in [0.2, 0.25) is 5.02 Å². The van der Waals surface area contributed by atoms with E-state index in [2.05, 4.69) is 9.88 Å². The molecule has 0 aliphatic carbocycles. The first-order valence-corrected chi connectivity index (χ1v) is 8.41. The number of ether oxygens (including phenoxy) is 1. The van der Waals surface area contributed by atoms with Crippen LogP contribution >= 0.6 is 11.6 Å². The number of hydrogen-bond acceptors (Lipinski definition) is 4. The summed E-state index contributed by atoms with van der Waals surface area (Å²) >= 11 is 5.74. The number of benzene rings is 1. The van der Waals surface area contributed by atoms with Gasteiger partial charge in [-0.15, -0.1) is 0 Å². The van der Waals surface area contributed by atoms with E-state index in [1.54, 1.807) is 18.1 Å². The molecule has 7 heteroatoms. The molecule has 5 nitrogen and oxygen atoms in total. The Morgan fingerprint density at radius 3 is 2.68 bits per heavy atom. The van der Waals surface area contributed by atoms with Crippen LogP contribution in [-0.2, 0) is 6.54 Å². The standard InChI is InChI=1S/C18H19ClFN3O2/c1-25-17-4-2-3-14(21-17)12-22-7-9-23(10-8-22)18(24)15-6-5-13(19)11-16(15)20/h2-6,11H,7-10,12H2,1H3. The molecule has 0 atom stereocenters. The van der Waals surface area contributed by atoms with Gasteiger partial charge in [0.2, 0.25) is 5.88 Å². The Bertz CT molecular complexity index is 764. The maximum atomic E-state index is 13.9. The van der Waals surface area contributed by atoms with Crippen molar-refractivity contribution in [2.24, 2.45) is 0 Å². The number of rotatable bonds is 4. The molecule has 1 aliphatic heterocycles. The topological polar surface area (TPSA) is 45.7 Å². The summed E-state index contributed by atoms with van der Waals surface area (Å²) in [5.41, 5.74) is 0.982. The molecule has 0 spiro atoms.